The largest absolute Gasteiger partial charge is 0.313 e. The molecule has 2 rings (SSSR count). The highest BCUT2D eigenvalue weighted by atomic mass is 15.3. The lowest BCUT2D eigenvalue weighted by molar-refractivity contribution is 0.675. The second-order valence-electron chi connectivity index (χ2n) is 3.99. The number of hydrogen-bond donors (Lipinski definition) is 1. The van der Waals surface area contributed by atoms with E-state index in [2.05, 4.69) is 27.3 Å². The molecule has 90 valence electrons. The molecule has 5 heteroatoms. The second kappa shape index (κ2) is 5.54. The molecular weight excluding hydrogens is 214 g/mol. The van der Waals surface area contributed by atoms with E-state index in [4.69, 9.17) is 0 Å². The molecule has 5 nitrogen and oxygen atoms in total. The van der Waals surface area contributed by atoms with E-state index in [0.717, 1.165) is 36.6 Å². The maximum Gasteiger partial charge on any atom is 0.156 e. The van der Waals surface area contributed by atoms with Crippen molar-refractivity contribution in [1.29, 1.82) is 0 Å². The van der Waals surface area contributed by atoms with E-state index in [-0.39, 0.29) is 0 Å². The fraction of sp³-hybridized carbons (Fsp3) is 0.417. The van der Waals surface area contributed by atoms with E-state index < -0.39 is 0 Å². The van der Waals surface area contributed by atoms with Gasteiger partial charge in [0, 0.05) is 30.1 Å². The van der Waals surface area contributed by atoms with E-state index in [1.165, 1.54) is 0 Å². The molecule has 0 atom stereocenters. The summed E-state index contributed by atoms with van der Waals surface area (Å²) in [5, 5.41) is 7.63. The third-order valence-corrected chi connectivity index (χ3v) is 2.42. The van der Waals surface area contributed by atoms with Crippen LogP contribution in [0.2, 0.25) is 0 Å². The quantitative estimate of drug-likeness (QED) is 0.792. The first-order valence-electron chi connectivity index (χ1n) is 5.83. The van der Waals surface area contributed by atoms with Crippen LogP contribution < -0.4 is 5.32 Å². The highest BCUT2D eigenvalue weighted by Gasteiger charge is 2.02. The zero-order valence-electron chi connectivity index (χ0n) is 10.2. The van der Waals surface area contributed by atoms with Crippen molar-refractivity contribution in [3.63, 3.8) is 0 Å². The van der Waals surface area contributed by atoms with E-state index in [0.29, 0.717) is 0 Å². The van der Waals surface area contributed by atoms with Crippen molar-refractivity contribution >= 4 is 0 Å². The Kier molecular flexibility index (Phi) is 3.82. The lowest BCUT2D eigenvalue weighted by Crippen LogP contribution is -2.13. The van der Waals surface area contributed by atoms with Gasteiger partial charge in [0.1, 0.15) is 6.33 Å². The molecule has 0 aliphatic heterocycles. The van der Waals surface area contributed by atoms with Crippen molar-refractivity contribution < 1.29 is 0 Å². The molecular formula is C12H17N5. The first-order valence-corrected chi connectivity index (χ1v) is 5.83. The summed E-state index contributed by atoms with van der Waals surface area (Å²) >= 11 is 0. The predicted octanol–water partition coefficient (Wildman–Crippen LogP) is 1.47. The highest BCUT2D eigenvalue weighted by molar-refractivity contribution is 5.23. The molecule has 0 spiro atoms. The summed E-state index contributed by atoms with van der Waals surface area (Å²) < 4.78 is 1.78. The molecule has 0 amide bonds. The Morgan fingerprint density at radius 1 is 1.35 bits per heavy atom. The Bertz CT molecular complexity index is 477. The fourth-order valence-electron chi connectivity index (χ4n) is 1.55. The Labute approximate surface area is 101 Å². The van der Waals surface area contributed by atoms with Gasteiger partial charge in [0.15, 0.2) is 5.82 Å². The van der Waals surface area contributed by atoms with Gasteiger partial charge in [-0.05, 0) is 19.9 Å². The lowest BCUT2D eigenvalue weighted by atomic mass is 10.3. The highest BCUT2D eigenvalue weighted by Crippen LogP contribution is 2.05. The normalized spacial score (nSPS) is 10.7. The maximum atomic E-state index is 4.29. The van der Waals surface area contributed by atoms with Gasteiger partial charge in [-0.2, -0.15) is 5.10 Å². The Morgan fingerprint density at radius 2 is 2.24 bits per heavy atom. The van der Waals surface area contributed by atoms with E-state index in [9.17, 15) is 0 Å². The van der Waals surface area contributed by atoms with Crippen molar-refractivity contribution in [3.8, 4) is 5.82 Å². The van der Waals surface area contributed by atoms with Crippen LogP contribution in [0.1, 0.15) is 24.6 Å². The average molecular weight is 231 g/mol. The van der Waals surface area contributed by atoms with Crippen LogP contribution in [-0.2, 0) is 6.54 Å². The topological polar surface area (TPSA) is 55.6 Å². The zero-order valence-corrected chi connectivity index (χ0v) is 10.2. The number of hydrogen-bond acceptors (Lipinski definition) is 4. The van der Waals surface area contributed by atoms with Crippen LogP contribution in [-0.4, -0.2) is 26.3 Å². The molecule has 0 saturated heterocycles. The molecule has 17 heavy (non-hydrogen) atoms. The summed E-state index contributed by atoms with van der Waals surface area (Å²) in [4.78, 5) is 8.26. The summed E-state index contributed by atoms with van der Waals surface area (Å²) in [6, 6.07) is 1.91. The van der Waals surface area contributed by atoms with Crippen LogP contribution >= 0.6 is 0 Å². The molecule has 0 aliphatic rings. The Balaban J connectivity index is 2.07. The van der Waals surface area contributed by atoms with Gasteiger partial charge in [-0.25, -0.2) is 14.6 Å². The van der Waals surface area contributed by atoms with Gasteiger partial charge in [0.05, 0.1) is 6.20 Å². The molecule has 0 radical (unpaired) electrons. The molecule has 2 aromatic heterocycles. The minimum Gasteiger partial charge on any atom is -0.313 e. The third-order valence-electron chi connectivity index (χ3n) is 2.42. The van der Waals surface area contributed by atoms with Crippen LogP contribution in [0, 0.1) is 6.92 Å². The molecule has 0 bridgehead atoms. The Hall–Kier alpha value is -1.75. The van der Waals surface area contributed by atoms with Crippen molar-refractivity contribution in [3.05, 3.63) is 36.0 Å². The van der Waals surface area contributed by atoms with Crippen molar-refractivity contribution in [1.82, 2.24) is 25.1 Å². The predicted molar refractivity (Wildman–Crippen MR) is 65.9 cm³/mol. The summed E-state index contributed by atoms with van der Waals surface area (Å²) in [6.07, 6.45) is 6.55. The van der Waals surface area contributed by atoms with Crippen LogP contribution in [0.25, 0.3) is 5.82 Å². The van der Waals surface area contributed by atoms with Gasteiger partial charge in [0.25, 0.3) is 0 Å². The number of aryl methyl sites for hydroxylation is 1. The van der Waals surface area contributed by atoms with Crippen LogP contribution in [0.5, 0.6) is 0 Å². The van der Waals surface area contributed by atoms with E-state index in [1.807, 2.05) is 25.4 Å². The maximum absolute atomic E-state index is 4.29. The van der Waals surface area contributed by atoms with Gasteiger partial charge < -0.3 is 5.32 Å². The van der Waals surface area contributed by atoms with Crippen molar-refractivity contribution in [2.24, 2.45) is 0 Å². The summed E-state index contributed by atoms with van der Waals surface area (Å²) in [6.45, 7) is 5.97. The number of nitrogens with one attached hydrogen (secondary N) is 1. The van der Waals surface area contributed by atoms with Gasteiger partial charge in [-0.3, -0.25) is 0 Å². The molecule has 0 saturated carbocycles. The summed E-state index contributed by atoms with van der Waals surface area (Å²) in [5.41, 5.74) is 2.10. The molecule has 2 heterocycles. The number of aromatic nitrogens is 4. The molecule has 2 aromatic rings. The fourth-order valence-corrected chi connectivity index (χ4v) is 1.55. The standard InChI is InChI=1S/C12H17N5/c1-3-4-13-6-11-7-16-17(8-11)12-5-10(2)14-9-15-12/h5,7-9,13H,3-4,6H2,1-2H3. The van der Waals surface area contributed by atoms with Crippen molar-refractivity contribution in [2.75, 3.05) is 6.54 Å². The smallest absolute Gasteiger partial charge is 0.156 e. The van der Waals surface area contributed by atoms with Crippen molar-refractivity contribution in [2.45, 2.75) is 26.8 Å². The first-order chi connectivity index (χ1) is 8.29. The SMILES string of the molecule is CCCNCc1cnn(-c2cc(C)ncn2)c1. The second-order valence-corrected chi connectivity index (χ2v) is 3.99. The van der Waals surface area contributed by atoms with Gasteiger partial charge in [-0.1, -0.05) is 6.92 Å². The van der Waals surface area contributed by atoms with E-state index in [1.54, 1.807) is 11.0 Å². The monoisotopic (exact) mass is 231 g/mol. The minimum atomic E-state index is 0.805. The lowest BCUT2D eigenvalue weighted by Gasteiger charge is -2.00. The molecule has 1 N–H and O–H groups in total. The zero-order chi connectivity index (χ0) is 12.1. The molecule has 0 aromatic carbocycles. The Morgan fingerprint density at radius 3 is 3.00 bits per heavy atom. The van der Waals surface area contributed by atoms with Crippen LogP contribution in [0.15, 0.2) is 24.8 Å². The molecule has 0 aliphatic carbocycles. The summed E-state index contributed by atoms with van der Waals surface area (Å²) in [5.74, 6) is 0.805. The van der Waals surface area contributed by atoms with E-state index >= 15 is 0 Å². The number of rotatable bonds is 5. The molecule has 0 unspecified atom stereocenters. The number of nitrogens with zero attached hydrogens (tertiary/aromatic N) is 4. The van der Waals surface area contributed by atoms with Crippen LogP contribution in [0.4, 0.5) is 0 Å². The average Bonchev–Trinajstić information content (AvgIpc) is 2.78. The van der Waals surface area contributed by atoms with Gasteiger partial charge in [0.2, 0.25) is 0 Å². The minimum absolute atomic E-state index is 0.805. The third kappa shape index (κ3) is 3.10. The molecule has 0 fully saturated rings. The summed E-state index contributed by atoms with van der Waals surface area (Å²) in [7, 11) is 0. The first kappa shape index (κ1) is 11.7. The van der Waals surface area contributed by atoms with Gasteiger partial charge >= 0.3 is 0 Å². The van der Waals surface area contributed by atoms with Crippen LogP contribution in [0.3, 0.4) is 0 Å². The van der Waals surface area contributed by atoms with Gasteiger partial charge in [-0.15, -0.1) is 0 Å².